The van der Waals surface area contributed by atoms with E-state index in [4.69, 9.17) is 4.74 Å². The van der Waals surface area contributed by atoms with Crippen LogP contribution in [0.5, 0.6) is 0 Å². The average Bonchev–Trinajstić information content (AvgIpc) is 2.63. The highest BCUT2D eigenvalue weighted by atomic mass is 16.5. The van der Waals surface area contributed by atoms with Gasteiger partial charge in [0, 0.05) is 19.1 Å². The lowest BCUT2D eigenvalue weighted by Crippen LogP contribution is -2.55. The molecule has 5 nitrogen and oxygen atoms in total. The number of rotatable bonds is 7. The molecule has 2 fully saturated rings. The number of carbonyl (C=O) groups is 1. The summed E-state index contributed by atoms with van der Waals surface area (Å²) in [6.07, 6.45) is 4.96. The minimum absolute atomic E-state index is 0.323. The number of nitrogens with one attached hydrogen (secondary N) is 2. The molecule has 1 saturated heterocycles. The van der Waals surface area contributed by atoms with Crippen molar-refractivity contribution < 1.29 is 9.53 Å². The molecule has 0 bridgehead atoms. The van der Waals surface area contributed by atoms with E-state index in [0.717, 1.165) is 18.7 Å². The Hall–Kier alpha value is -1.59. The van der Waals surface area contributed by atoms with Crippen LogP contribution < -0.4 is 10.6 Å². The topological polar surface area (TPSA) is 53.6 Å². The number of hydrogen-bond acceptors (Lipinski definition) is 4. The Bertz CT molecular complexity index is 535. The molecular weight excluding hydrogens is 314 g/mol. The number of hydrogen-bond donors (Lipinski definition) is 2. The van der Waals surface area contributed by atoms with Crippen molar-refractivity contribution in [3.63, 3.8) is 0 Å². The second kappa shape index (κ2) is 8.68. The number of amides is 1. The highest BCUT2D eigenvalue weighted by Gasteiger charge is 2.46. The number of alkyl carbamates (subject to hydrolysis) is 1. The van der Waals surface area contributed by atoms with Gasteiger partial charge in [0.1, 0.15) is 6.61 Å². The zero-order valence-corrected chi connectivity index (χ0v) is 15.3. The van der Waals surface area contributed by atoms with E-state index in [2.05, 4.69) is 22.5 Å². The van der Waals surface area contributed by atoms with Gasteiger partial charge in [-0.05, 0) is 56.3 Å². The van der Waals surface area contributed by atoms with Crippen LogP contribution in [0.2, 0.25) is 0 Å². The molecule has 2 aliphatic rings. The van der Waals surface area contributed by atoms with Gasteiger partial charge in [-0.15, -0.1) is 0 Å². The number of nitrogens with zero attached hydrogens (tertiary/aromatic N) is 1. The summed E-state index contributed by atoms with van der Waals surface area (Å²) >= 11 is 0. The van der Waals surface area contributed by atoms with Crippen molar-refractivity contribution in [3.8, 4) is 0 Å². The van der Waals surface area contributed by atoms with Crippen molar-refractivity contribution >= 4 is 6.09 Å². The van der Waals surface area contributed by atoms with E-state index in [1.165, 1.54) is 38.8 Å². The fourth-order valence-corrected chi connectivity index (χ4v) is 4.24. The zero-order chi connectivity index (χ0) is 17.5. The summed E-state index contributed by atoms with van der Waals surface area (Å²) in [5, 5.41) is 6.34. The lowest BCUT2D eigenvalue weighted by atomic mass is 9.60. The van der Waals surface area contributed by atoms with Gasteiger partial charge in [0.15, 0.2) is 0 Å². The molecule has 3 rings (SSSR count). The molecule has 25 heavy (non-hydrogen) atoms. The molecule has 1 aromatic rings. The van der Waals surface area contributed by atoms with E-state index >= 15 is 0 Å². The van der Waals surface area contributed by atoms with Crippen LogP contribution in [0, 0.1) is 5.41 Å². The minimum Gasteiger partial charge on any atom is -0.445 e. The normalized spacial score (nSPS) is 19.6. The van der Waals surface area contributed by atoms with Gasteiger partial charge in [-0.2, -0.15) is 0 Å². The quantitative estimate of drug-likeness (QED) is 0.798. The first kappa shape index (κ1) is 18.2. The van der Waals surface area contributed by atoms with Gasteiger partial charge in [0.05, 0.1) is 0 Å². The summed E-state index contributed by atoms with van der Waals surface area (Å²) in [4.78, 5) is 14.3. The number of ether oxygens (including phenoxy) is 1. The first-order chi connectivity index (χ1) is 12.2. The molecule has 1 aromatic carbocycles. The van der Waals surface area contributed by atoms with Crippen LogP contribution in [-0.4, -0.2) is 49.8 Å². The van der Waals surface area contributed by atoms with Gasteiger partial charge in [-0.1, -0.05) is 37.3 Å². The Morgan fingerprint density at radius 1 is 1.28 bits per heavy atom. The summed E-state index contributed by atoms with van der Waals surface area (Å²) in [5.41, 5.74) is 1.61. The van der Waals surface area contributed by atoms with Gasteiger partial charge < -0.3 is 15.4 Å². The van der Waals surface area contributed by atoms with E-state index in [9.17, 15) is 4.79 Å². The van der Waals surface area contributed by atoms with Crippen molar-refractivity contribution in [1.29, 1.82) is 0 Å². The second-order valence-electron chi connectivity index (χ2n) is 7.43. The Labute approximate surface area is 151 Å². The molecule has 1 spiro atoms. The third kappa shape index (κ3) is 4.95. The van der Waals surface area contributed by atoms with Gasteiger partial charge in [-0.3, -0.25) is 4.90 Å². The summed E-state index contributed by atoms with van der Waals surface area (Å²) in [7, 11) is 0. The molecule has 1 amide bonds. The Kier molecular flexibility index (Phi) is 6.32. The number of benzene rings is 1. The Balaban J connectivity index is 1.32. The van der Waals surface area contributed by atoms with Crippen LogP contribution in [0.1, 0.15) is 38.2 Å². The summed E-state index contributed by atoms with van der Waals surface area (Å²) in [6.45, 7) is 7.47. The van der Waals surface area contributed by atoms with Gasteiger partial charge in [0.2, 0.25) is 0 Å². The molecule has 1 saturated carbocycles. The molecule has 0 unspecified atom stereocenters. The van der Waals surface area contributed by atoms with Crippen LogP contribution in [0.4, 0.5) is 4.79 Å². The maximum Gasteiger partial charge on any atom is 0.407 e. The first-order valence-corrected chi connectivity index (χ1v) is 9.60. The fourth-order valence-electron chi connectivity index (χ4n) is 4.24. The third-order valence-corrected chi connectivity index (χ3v) is 5.81. The van der Waals surface area contributed by atoms with Crippen LogP contribution in [0.15, 0.2) is 30.3 Å². The van der Waals surface area contributed by atoms with Crippen molar-refractivity contribution in [1.82, 2.24) is 15.5 Å². The van der Waals surface area contributed by atoms with Crippen molar-refractivity contribution in [2.24, 2.45) is 5.41 Å². The maximum absolute atomic E-state index is 11.8. The second-order valence-corrected chi connectivity index (χ2v) is 7.43. The average molecular weight is 345 g/mol. The van der Waals surface area contributed by atoms with E-state index in [-0.39, 0.29) is 6.09 Å². The van der Waals surface area contributed by atoms with Gasteiger partial charge in [0.25, 0.3) is 0 Å². The van der Waals surface area contributed by atoms with E-state index in [1.54, 1.807) is 0 Å². The highest BCUT2D eigenvalue weighted by Crippen LogP contribution is 2.49. The van der Waals surface area contributed by atoms with Crippen LogP contribution in [0.3, 0.4) is 0 Å². The van der Waals surface area contributed by atoms with Crippen molar-refractivity contribution in [3.05, 3.63) is 35.9 Å². The first-order valence-electron chi connectivity index (χ1n) is 9.60. The van der Waals surface area contributed by atoms with E-state index in [0.29, 0.717) is 24.6 Å². The number of carbonyl (C=O) groups excluding carboxylic acids is 1. The molecule has 1 heterocycles. The van der Waals surface area contributed by atoms with E-state index < -0.39 is 0 Å². The third-order valence-electron chi connectivity index (χ3n) is 5.81. The van der Waals surface area contributed by atoms with Crippen molar-refractivity contribution in [2.45, 2.75) is 45.3 Å². The summed E-state index contributed by atoms with van der Waals surface area (Å²) in [6, 6.07) is 10.5. The lowest BCUT2D eigenvalue weighted by molar-refractivity contribution is -0.0180. The number of piperidine rings is 1. The Morgan fingerprint density at radius 3 is 2.68 bits per heavy atom. The molecule has 0 radical (unpaired) electrons. The standard InChI is InChI=1S/C20H31N3O2/c1-2-23(18-14-20(15-18)8-10-21-11-9-20)13-12-22-19(24)25-16-17-6-4-3-5-7-17/h3-7,18,21H,2,8-16H2,1H3,(H,22,24). The SMILES string of the molecule is CCN(CCNC(=O)OCc1ccccc1)C1CC2(CCNCC2)C1. The minimum atomic E-state index is -0.330. The molecule has 1 aliphatic carbocycles. The molecule has 138 valence electrons. The smallest absolute Gasteiger partial charge is 0.407 e. The molecule has 0 aromatic heterocycles. The van der Waals surface area contributed by atoms with Crippen molar-refractivity contribution in [2.75, 3.05) is 32.7 Å². The van der Waals surface area contributed by atoms with Gasteiger partial charge in [-0.25, -0.2) is 4.79 Å². The lowest BCUT2D eigenvalue weighted by Gasteiger charge is -2.54. The summed E-state index contributed by atoms with van der Waals surface area (Å²) < 4.78 is 5.26. The Morgan fingerprint density at radius 2 is 2.00 bits per heavy atom. The predicted octanol–water partition coefficient (Wildman–Crippen LogP) is 2.77. The maximum atomic E-state index is 11.8. The van der Waals surface area contributed by atoms with E-state index in [1.807, 2.05) is 30.3 Å². The fraction of sp³-hybridized carbons (Fsp3) is 0.650. The summed E-state index contributed by atoms with van der Waals surface area (Å²) in [5.74, 6) is 0. The predicted molar refractivity (Wildman–Crippen MR) is 99.4 cm³/mol. The van der Waals surface area contributed by atoms with Crippen LogP contribution in [-0.2, 0) is 11.3 Å². The molecular formula is C20H31N3O2. The monoisotopic (exact) mass is 345 g/mol. The molecule has 2 N–H and O–H groups in total. The number of likely N-dealkylation sites (N-methyl/N-ethyl adjacent to an activating group) is 1. The molecule has 5 heteroatoms. The molecule has 1 aliphatic heterocycles. The van der Waals surface area contributed by atoms with Crippen LogP contribution in [0.25, 0.3) is 0 Å². The largest absolute Gasteiger partial charge is 0.445 e. The molecule has 0 atom stereocenters. The zero-order valence-electron chi connectivity index (χ0n) is 15.3. The van der Waals surface area contributed by atoms with Crippen LogP contribution >= 0.6 is 0 Å². The highest BCUT2D eigenvalue weighted by molar-refractivity contribution is 5.67. The van der Waals surface area contributed by atoms with Gasteiger partial charge >= 0.3 is 6.09 Å².